The van der Waals surface area contributed by atoms with Gasteiger partial charge >= 0.3 is 5.97 Å². The first-order chi connectivity index (χ1) is 28.0. The lowest BCUT2D eigenvalue weighted by molar-refractivity contribution is -0.143. The molecule has 0 aromatic rings. The topological polar surface area (TPSA) is 95.9 Å². The molecule has 2 atom stereocenters. The molecule has 0 rings (SSSR count). The number of amides is 1. The van der Waals surface area contributed by atoms with E-state index in [1.807, 2.05) is 6.08 Å². The van der Waals surface area contributed by atoms with Gasteiger partial charge in [-0.15, -0.1) is 0 Å². The van der Waals surface area contributed by atoms with Crippen molar-refractivity contribution in [2.75, 3.05) is 13.2 Å². The average Bonchev–Trinajstić information content (AvgIpc) is 3.21. The van der Waals surface area contributed by atoms with Crippen LogP contribution in [0.2, 0.25) is 0 Å². The lowest BCUT2D eigenvalue weighted by Gasteiger charge is -2.20. The minimum atomic E-state index is -0.852. The number of esters is 1. The molecule has 0 spiro atoms. The van der Waals surface area contributed by atoms with Crippen LogP contribution in [0.15, 0.2) is 24.3 Å². The number of hydrogen-bond acceptors (Lipinski definition) is 5. The van der Waals surface area contributed by atoms with Gasteiger partial charge in [0.1, 0.15) is 0 Å². The van der Waals surface area contributed by atoms with Crippen LogP contribution in [-0.4, -0.2) is 47.4 Å². The van der Waals surface area contributed by atoms with E-state index in [0.29, 0.717) is 19.4 Å². The van der Waals surface area contributed by atoms with Crippen LogP contribution in [0, 0.1) is 0 Å². The van der Waals surface area contributed by atoms with E-state index >= 15 is 0 Å². The maximum Gasteiger partial charge on any atom is 0.305 e. The van der Waals surface area contributed by atoms with Crippen LogP contribution in [0.5, 0.6) is 0 Å². The second-order valence-electron chi connectivity index (χ2n) is 17.1. The van der Waals surface area contributed by atoms with Gasteiger partial charge in [-0.05, 0) is 57.8 Å². The molecule has 0 aromatic carbocycles. The fourth-order valence-electron chi connectivity index (χ4n) is 7.57. The molecule has 0 saturated heterocycles. The Balaban J connectivity index is 3.45. The molecule has 0 bridgehead atoms. The van der Waals surface area contributed by atoms with Crippen molar-refractivity contribution in [1.82, 2.24) is 5.32 Å². The van der Waals surface area contributed by atoms with Crippen molar-refractivity contribution in [1.29, 1.82) is 0 Å². The number of aliphatic hydroxyl groups is 2. The Bertz CT molecular complexity index is 889. The van der Waals surface area contributed by atoms with E-state index in [4.69, 9.17) is 4.74 Å². The van der Waals surface area contributed by atoms with Gasteiger partial charge in [0, 0.05) is 12.8 Å². The predicted molar refractivity (Wildman–Crippen MR) is 246 cm³/mol. The van der Waals surface area contributed by atoms with Crippen molar-refractivity contribution in [3.8, 4) is 0 Å². The Morgan fingerprint density at radius 2 is 0.825 bits per heavy atom. The van der Waals surface area contributed by atoms with Crippen molar-refractivity contribution >= 4 is 11.9 Å². The highest BCUT2D eigenvalue weighted by Crippen LogP contribution is 2.15. The molecule has 336 valence electrons. The van der Waals surface area contributed by atoms with E-state index in [-0.39, 0.29) is 18.5 Å². The monoisotopic (exact) mass is 804 g/mol. The molecule has 0 aliphatic rings. The zero-order chi connectivity index (χ0) is 41.5. The second-order valence-corrected chi connectivity index (χ2v) is 17.1. The lowest BCUT2D eigenvalue weighted by atomic mass is 10.0. The van der Waals surface area contributed by atoms with Gasteiger partial charge in [-0.3, -0.25) is 9.59 Å². The van der Waals surface area contributed by atoms with Crippen LogP contribution in [0.1, 0.15) is 264 Å². The summed E-state index contributed by atoms with van der Waals surface area (Å²) in [5, 5.41) is 22.9. The summed E-state index contributed by atoms with van der Waals surface area (Å²) in [6.45, 7) is 4.84. The molecule has 57 heavy (non-hydrogen) atoms. The summed E-state index contributed by atoms with van der Waals surface area (Å²) in [7, 11) is 0. The number of nitrogens with one attached hydrogen (secondary N) is 1. The number of carbonyl (C=O) groups excluding carboxylic acids is 2. The number of allylic oxidation sites excluding steroid dienone is 3. The number of unbranched alkanes of at least 4 members (excludes halogenated alkanes) is 33. The molecule has 3 N–H and O–H groups in total. The minimum absolute atomic E-state index is 0.0144. The standard InChI is InChI=1S/C51H97NO5/c1-3-5-7-9-11-13-15-16-17-18-19-20-21-25-29-33-37-41-45-51(56)57-46-42-38-34-30-26-23-22-24-28-32-36-40-44-50(55)52-48(47-53)49(54)43-39-35-31-27-14-12-10-8-6-4-2/h17-18,39,43,48-49,53-54H,3-16,19-38,40-42,44-47H2,1-2H3,(H,52,55)/b18-17-,43-39+. The summed E-state index contributed by atoms with van der Waals surface area (Å²) in [5.41, 5.74) is 0. The third kappa shape index (κ3) is 43.7. The fourth-order valence-corrected chi connectivity index (χ4v) is 7.57. The lowest BCUT2D eigenvalue weighted by Crippen LogP contribution is -2.45. The molecule has 0 heterocycles. The summed E-state index contributed by atoms with van der Waals surface area (Å²) in [4.78, 5) is 24.4. The number of ether oxygens (including phenoxy) is 1. The van der Waals surface area contributed by atoms with Gasteiger partial charge in [0.2, 0.25) is 5.91 Å². The zero-order valence-electron chi connectivity index (χ0n) is 38.1. The fraction of sp³-hybridized carbons (Fsp3) is 0.882. The third-order valence-electron chi connectivity index (χ3n) is 11.5. The van der Waals surface area contributed by atoms with Gasteiger partial charge in [0.25, 0.3) is 0 Å². The normalized spacial score (nSPS) is 12.8. The summed E-state index contributed by atoms with van der Waals surface area (Å²) in [6.07, 6.45) is 54.6. The SMILES string of the molecule is CCCCCCCCC/C=C\CCCCCCCCCC(=O)OCCCCCCCCCCCCCCC(=O)NC(CO)C(O)/C=C/CCCCCCCCCC. The van der Waals surface area contributed by atoms with Gasteiger partial charge in [-0.1, -0.05) is 218 Å². The second kappa shape index (κ2) is 47.0. The van der Waals surface area contributed by atoms with Crippen LogP contribution in [-0.2, 0) is 14.3 Å². The summed E-state index contributed by atoms with van der Waals surface area (Å²) in [6, 6.07) is -0.637. The van der Waals surface area contributed by atoms with Gasteiger partial charge in [0.15, 0.2) is 0 Å². The van der Waals surface area contributed by atoms with Gasteiger partial charge < -0.3 is 20.3 Å². The largest absolute Gasteiger partial charge is 0.466 e. The maximum atomic E-state index is 12.4. The van der Waals surface area contributed by atoms with E-state index in [0.717, 1.165) is 57.8 Å². The van der Waals surface area contributed by atoms with E-state index in [1.165, 1.54) is 180 Å². The highest BCUT2D eigenvalue weighted by molar-refractivity contribution is 5.76. The molecule has 0 aromatic heterocycles. The number of aliphatic hydroxyl groups excluding tert-OH is 2. The van der Waals surface area contributed by atoms with Crippen molar-refractivity contribution in [2.45, 2.75) is 276 Å². The molecule has 0 radical (unpaired) electrons. The molecule has 0 saturated carbocycles. The Hall–Kier alpha value is -1.66. The van der Waals surface area contributed by atoms with Crippen molar-refractivity contribution in [3.05, 3.63) is 24.3 Å². The van der Waals surface area contributed by atoms with E-state index in [1.54, 1.807) is 6.08 Å². The Labute approximate surface area is 354 Å². The third-order valence-corrected chi connectivity index (χ3v) is 11.5. The first-order valence-corrected chi connectivity index (χ1v) is 25.1. The molecular weight excluding hydrogens is 707 g/mol. The van der Waals surface area contributed by atoms with E-state index in [2.05, 4.69) is 31.3 Å². The Kier molecular flexibility index (Phi) is 45.7. The highest BCUT2D eigenvalue weighted by atomic mass is 16.5. The number of carbonyl (C=O) groups is 2. The van der Waals surface area contributed by atoms with Crippen LogP contribution >= 0.6 is 0 Å². The summed E-state index contributed by atoms with van der Waals surface area (Å²) < 4.78 is 5.46. The molecule has 0 fully saturated rings. The Morgan fingerprint density at radius 3 is 1.25 bits per heavy atom. The molecule has 0 aliphatic carbocycles. The quantitative estimate of drug-likeness (QED) is 0.0324. The summed E-state index contributed by atoms with van der Waals surface area (Å²) in [5.74, 6) is -0.100. The van der Waals surface area contributed by atoms with Crippen LogP contribution in [0.25, 0.3) is 0 Å². The first-order valence-electron chi connectivity index (χ1n) is 25.1. The molecule has 6 nitrogen and oxygen atoms in total. The molecule has 2 unspecified atom stereocenters. The van der Waals surface area contributed by atoms with Crippen molar-refractivity contribution in [3.63, 3.8) is 0 Å². The molecule has 0 aliphatic heterocycles. The van der Waals surface area contributed by atoms with Crippen molar-refractivity contribution < 1.29 is 24.5 Å². The smallest absolute Gasteiger partial charge is 0.305 e. The van der Waals surface area contributed by atoms with Crippen molar-refractivity contribution in [2.24, 2.45) is 0 Å². The van der Waals surface area contributed by atoms with Gasteiger partial charge in [0.05, 0.1) is 25.4 Å². The van der Waals surface area contributed by atoms with Crippen LogP contribution in [0.3, 0.4) is 0 Å². The molecule has 1 amide bonds. The first kappa shape index (κ1) is 55.3. The van der Waals surface area contributed by atoms with E-state index < -0.39 is 12.1 Å². The van der Waals surface area contributed by atoms with Gasteiger partial charge in [-0.25, -0.2) is 0 Å². The summed E-state index contributed by atoms with van der Waals surface area (Å²) >= 11 is 0. The Morgan fingerprint density at radius 1 is 0.474 bits per heavy atom. The average molecular weight is 804 g/mol. The number of rotatable bonds is 46. The van der Waals surface area contributed by atoms with E-state index in [9.17, 15) is 19.8 Å². The maximum absolute atomic E-state index is 12.4. The molecular formula is C51H97NO5. The number of hydrogen-bond donors (Lipinski definition) is 3. The van der Waals surface area contributed by atoms with Gasteiger partial charge in [-0.2, -0.15) is 0 Å². The minimum Gasteiger partial charge on any atom is -0.466 e. The predicted octanol–water partition coefficient (Wildman–Crippen LogP) is 14.7. The molecule has 6 heteroatoms. The van der Waals surface area contributed by atoms with Crippen LogP contribution in [0.4, 0.5) is 0 Å². The zero-order valence-corrected chi connectivity index (χ0v) is 38.1. The van der Waals surface area contributed by atoms with Crippen LogP contribution < -0.4 is 5.32 Å². The highest BCUT2D eigenvalue weighted by Gasteiger charge is 2.18.